The number of primary amides is 1. The Labute approximate surface area is 101 Å². The van der Waals surface area contributed by atoms with Crippen molar-refractivity contribution in [1.82, 2.24) is 4.98 Å². The Kier molecular flexibility index (Phi) is 4.20. The first-order valence-corrected chi connectivity index (χ1v) is 5.42. The highest BCUT2D eigenvalue weighted by Gasteiger charge is 2.16. The van der Waals surface area contributed by atoms with Gasteiger partial charge in [0.1, 0.15) is 5.82 Å². The van der Waals surface area contributed by atoms with Crippen LogP contribution in [-0.4, -0.2) is 29.8 Å². The van der Waals surface area contributed by atoms with Gasteiger partial charge in [0.25, 0.3) is 0 Å². The van der Waals surface area contributed by atoms with Crippen LogP contribution < -0.4 is 10.6 Å². The number of amides is 1. The number of anilines is 1. The highest BCUT2D eigenvalue weighted by Crippen LogP contribution is 2.19. The number of rotatable bonds is 5. The number of nitrogens with zero attached hydrogens (tertiary/aromatic N) is 2. The molecule has 0 aliphatic carbocycles. The van der Waals surface area contributed by atoms with Crippen LogP contribution in [0.2, 0.25) is 0 Å². The average Bonchev–Trinajstić information content (AvgIpc) is 2.25. The molecule has 1 aromatic heterocycles. The van der Waals surface area contributed by atoms with Crippen molar-refractivity contribution in [2.24, 2.45) is 5.73 Å². The summed E-state index contributed by atoms with van der Waals surface area (Å²) in [6.07, 6.45) is 2.24. The number of aromatic nitrogens is 1. The van der Waals surface area contributed by atoms with Crippen LogP contribution in [0.5, 0.6) is 0 Å². The largest absolute Gasteiger partial charge is 0.368 e. The van der Waals surface area contributed by atoms with Gasteiger partial charge >= 0.3 is 0 Å². The van der Waals surface area contributed by atoms with Crippen LogP contribution in [-0.2, 0) is 4.79 Å². The monoisotopic (exact) mass is 235 g/mol. The van der Waals surface area contributed by atoms with Gasteiger partial charge in [0.2, 0.25) is 5.91 Å². The van der Waals surface area contributed by atoms with E-state index >= 15 is 0 Å². The van der Waals surface area contributed by atoms with E-state index in [4.69, 9.17) is 5.73 Å². The van der Waals surface area contributed by atoms with E-state index in [1.165, 1.54) is 6.20 Å². The predicted molar refractivity (Wildman–Crippen MR) is 66.0 cm³/mol. The Morgan fingerprint density at radius 1 is 1.59 bits per heavy atom. The van der Waals surface area contributed by atoms with Crippen molar-refractivity contribution in [1.29, 1.82) is 0 Å². The highest BCUT2D eigenvalue weighted by atomic mass is 16.1. The van der Waals surface area contributed by atoms with E-state index in [9.17, 15) is 9.59 Å². The van der Waals surface area contributed by atoms with Gasteiger partial charge in [-0.3, -0.25) is 9.59 Å². The molecule has 0 saturated heterocycles. The van der Waals surface area contributed by atoms with Crippen molar-refractivity contribution < 1.29 is 9.59 Å². The third-order valence-electron chi connectivity index (χ3n) is 2.43. The van der Waals surface area contributed by atoms with Gasteiger partial charge in [-0.1, -0.05) is 0 Å². The number of nitrogens with two attached hydrogens (primary N) is 1. The van der Waals surface area contributed by atoms with Crippen LogP contribution in [0, 0.1) is 6.92 Å². The number of pyridine rings is 1. The minimum Gasteiger partial charge on any atom is -0.368 e. The van der Waals surface area contributed by atoms with E-state index in [0.717, 1.165) is 11.8 Å². The van der Waals surface area contributed by atoms with E-state index in [-0.39, 0.29) is 12.6 Å². The molecule has 1 amide bonds. The molecule has 92 valence electrons. The van der Waals surface area contributed by atoms with Gasteiger partial charge in [0, 0.05) is 17.8 Å². The van der Waals surface area contributed by atoms with Crippen LogP contribution >= 0.6 is 0 Å². The number of carbonyl (C=O) groups is 2. The molecule has 0 radical (unpaired) electrons. The molecule has 0 fully saturated rings. The van der Waals surface area contributed by atoms with Crippen LogP contribution in [0.15, 0.2) is 12.3 Å². The third kappa shape index (κ3) is 3.27. The highest BCUT2D eigenvalue weighted by molar-refractivity contribution is 5.80. The normalized spacial score (nSPS) is 10.4. The van der Waals surface area contributed by atoms with Gasteiger partial charge in [0.05, 0.1) is 6.54 Å². The first kappa shape index (κ1) is 13.2. The lowest BCUT2D eigenvalue weighted by Crippen LogP contribution is -2.39. The molecule has 0 aromatic carbocycles. The van der Waals surface area contributed by atoms with Crippen molar-refractivity contribution in [3.63, 3.8) is 0 Å². The Bertz CT molecular complexity index is 430. The molecule has 1 aromatic rings. The molecule has 17 heavy (non-hydrogen) atoms. The smallest absolute Gasteiger partial charge is 0.237 e. The fraction of sp³-hybridized carbons (Fsp3) is 0.417. The zero-order valence-electron chi connectivity index (χ0n) is 10.3. The minimum atomic E-state index is -0.403. The minimum absolute atomic E-state index is 0.107. The second-order valence-electron chi connectivity index (χ2n) is 4.21. The molecular weight excluding hydrogens is 218 g/mol. The number of carbonyl (C=O) groups excluding carboxylic acids is 2. The Hall–Kier alpha value is -1.91. The van der Waals surface area contributed by atoms with Crippen molar-refractivity contribution >= 4 is 18.0 Å². The maximum absolute atomic E-state index is 11.0. The molecular formula is C12H17N3O2. The Morgan fingerprint density at radius 3 is 2.65 bits per heavy atom. The lowest BCUT2D eigenvalue weighted by Gasteiger charge is -2.27. The summed E-state index contributed by atoms with van der Waals surface area (Å²) < 4.78 is 0. The van der Waals surface area contributed by atoms with Gasteiger partial charge in [-0.15, -0.1) is 0 Å². The standard InChI is InChI=1S/C12H17N3O2/c1-8(2)15(6-11(13)17)12-9(3)4-10(7-16)5-14-12/h4-5,7-8H,6H2,1-3H3,(H2,13,17). The zero-order valence-corrected chi connectivity index (χ0v) is 10.3. The molecule has 0 bridgehead atoms. The maximum Gasteiger partial charge on any atom is 0.237 e. The molecule has 0 unspecified atom stereocenters. The summed E-state index contributed by atoms with van der Waals surface area (Å²) in [4.78, 5) is 27.7. The van der Waals surface area contributed by atoms with Crippen LogP contribution in [0.1, 0.15) is 29.8 Å². The summed E-state index contributed by atoms with van der Waals surface area (Å²) in [7, 11) is 0. The Balaban J connectivity index is 3.10. The summed E-state index contributed by atoms with van der Waals surface area (Å²) in [5.41, 5.74) is 6.58. The van der Waals surface area contributed by atoms with Gasteiger partial charge in [-0.05, 0) is 32.4 Å². The lowest BCUT2D eigenvalue weighted by atomic mass is 10.2. The SMILES string of the molecule is Cc1cc(C=O)cnc1N(CC(N)=O)C(C)C. The number of aryl methyl sites for hydroxylation is 1. The lowest BCUT2D eigenvalue weighted by molar-refractivity contribution is -0.116. The predicted octanol–water partition coefficient (Wildman–Crippen LogP) is 0.903. The summed E-state index contributed by atoms with van der Waals surface area (Å²) in [6.45, 7) is 5.88. The van der Waals surface area contributed by atoms with E-state index in [1.807, 2.05) is 25.7 Å². The van der Waals surface area contributed by atoms with Gasteiger partial charge < -0.3 is 10.6 Å². The van der Waals surface area contributed by atoms with Crippen LogP contribution in [0.25, 0.3) is 0 Å². The molecule has 0 aliphatic rings. The molecule has 0 aliphatic heterocycles. The fourth-order valence-electron chi connectivity index (χ4n) is 1.62. The van der Waals surface area contributed by atoms with Gasteiger partial charge in [-0.25, -0.2) is 4.98 Å². The topological polar surface area (TPSA) is 76.3 Å². The molecule has 2 N–H and O–H groups in total. The first-order valence-electron chi connectivity index (χ1n) is 5.42. The molecule has 5 nitrogen and oxygen atoms in total. The number of hydrogen-bond donors (Lipinski definition) is 1. The summed E-state index contributed by atoms with van der Waals surface area (Å²) >= 11 is 0. The summed E-state index contributed by atoms with van der Waals surface area (Å²) in [5.74, 6) is 0.281. The Morgan fingerprint density at radius 2 is 2.24 bits per heavy atom. The molecule has 0 saturated carbocycles. The summed E-state index contributed by atoms with van der Waals surface area (Å²) in [5, 5.41) is 0. The fourth-order valence-corrected chi connectivity index (χ4v) is 1.62. The number of aldehydes is 1. The molecule has 0 atom stereocenters. The quantitative estimate of drug-likeness (QED) is 0.769. The van der Waals surface area contributed by atoms with E-state index in [1.54, 1.807) is 6.07 Å². The molecule has 1 rings (SSSR count). The molecule has 0 spiro atoms. The van der Waals surface area contributed by atoms with E-state index < -0.39 is 5.91 Å². The maximum atomic E-state index is 11.0. The van der Waals surface area contributed by atoms with E-state index in [0.29, 0.717) is 11.4 Å². The van der Waals surface area contributed by atoms with Crippen molar-refractivity contribution in [3.05, 3.63) is 23.4 Å². The average molecular weight is 235 g/mol. The van der Waals surface area contributed by atoms with Crippen LogP contribution in [0.3, 0.4) is 0 Å². The zero-order chi connectivity index (χ0) is 13.0. The van der Waals surface area contributed by atoms with Crippen molar-refractivity contribution in [3.8, 4) is 0 Å². The van der Waals surface area contributed by atoms with Crippen LogP contribution in [0.4, 0.5) is 5.82 Å². The van der Waals surface area contributed by atoms with Gasteiger partial charge in [0.15, 0.2) is 6.29 Å². The van der Waals surface area contributed by atoms with Gasteiger partial charge in [-0.2, -0.15) is 0 Å². The molecule has 5 heteroatoms. The second kappa shape index (κ2) is 5.43. The summed E-state index contributed by atoms with van der Waals surface area (Å²) in [6, 6.07) is 1.85. The van der Waals surface area contributed by atoms with Crippen molar-refractivity contribution in [2.75, 3.05) is 11.4 Å². The number of hydrogen-bond acceptors (Lipinski definition) is 4. The first-order chi connectivity index (χ1) is 7.95. The molecule has 1 heterocycles. The second-order valence-corrected chi connectivity index (χ2v) is 4.21. The van der Waals surface area contributed by atoms with Crippen molar-refractivity contribution in [2.45, 2.75) is 26.8 Å². The van der Waals surface area contributed by atoms with E-state index in [2.05, 4.69) is 4.98 Å². The third-order valence-corrected chi connectivity index (χ3v) is 2.43.